The standard InChI is InChI=1S/C9H19ClN3OP/c1-8(2)13(9(3)4)12-15(10,14)7-5-6-11/h8-9H,5,7H2,1-4H3,(H,12,14). The first-order valence-electron chi connectivity index (χ1n) is 5.02. The van der Waals surface area contributed by atoms with Gasteiger partial charge in [-0.25, -0.2) is 5.01 Å². The molecule has 0 aliphatic heterocycles. The molecule has 0 aromatic rings. The smallest absolute Gasteiger partial charge is 0.246 e. The quantitative estimate of drug-likeness (QED) is 0.582. The van der Waals surface area contributed by atoms with Crippen molar-refractivity contribution in [2.75, 3.05) is 6.16 Å². The fourth-order valence-electron chi connectivity index (χ4n) is 1.24. The van der Waals surface area contributed by atoms with Crippen LogP contribution in [0.4, 0.5) is 0 Å². The lowest BCUT2D eigenvalue weighted by Crippen LogP contribution is -2.45. The third-order valence-corrected chi connectivity index (χ3v) is 3.95. The molecule has 4 nitrogen and oxygen atoms in total. The van der Waals surface area contributed by atoms with Gasteiger partial charge in [0.1, 0.15) is 0 Å². The SMILES string of the molecule is CC(C)N(NP(=O)(Cl)CCC#N)C(C)C. The summed E-state index contributed by atoms with van der Waals surface area (Å²) in [5.41, 5.74) is 0. The number of rotatable bonds is 6. The molecule has 88 valence electrons. The lowest BCUT2D eigenvalue weighted by atomic mass is 10.3. The first kappa shape index (κ1) is 14.9. The van der Waals surface area contributed by atoms with E-state index in [0.29, 0.717) is 0 Å². The molecule has 0 aromatic carbocycles. The van der Waals surface area contributed by atoms with Gasteiger partial charge in [-0.15, -0.1) is 0 Å². The second-order valence-corrected chi connectivity index (χ2v) is 7.57. The largest absolute Gasteiger partial charge is 0.288 e. The molecule has 0 aromatic heterocycles. The number of nitrogens with one attached hydrogen (secondary N) is 1. The molecule has 15 heavy (non-hydrogen) atoms. The summed E-state index contributed by atoms with van der Waals surface area (Å²) >= 11 is 5.85. The van der Waals surface area contributed by atoms with Crippen molar-refractivity contribution in [3.8, 4) is 6.07 Å². The first-order chi connectivity index (χ1) is 6.80. The van der Waals surface area contributed by atoms with Crippen molar-refractivity contribution in [2.45, 2.75) is 46.2 Å². The molecule has 0 rings (SSSR count). The van der Waals surface area contributed by atoms with Gasteiger partial charge in [0, 0.05) is 24.7 Å². The molecule has 1 atom stereocenters. The van der Waals surface area contributed by atoms with Crippen LogP contribution in [0.25, 0.3) is 0 Å². The Morgan fingerprint density at radius 3 is 2.20 bits per heavy atom. The fraction of sp³-hybridized carbons (Fsp3) is 0.889. The highest BCUT2D eigenvalue weighted by Crippen LogP contribution is 2.47. The van der Waals surface area contributed by atoms with Gasteiger partial charge in [0.15, 0.2) is 0 Å². The van der Waals surface area contributed by atoms with E-state index in [1.54, 1.807) is 0 Å². The summed E-state index contributed by atoms with van der Waals surface area (Å²) in [7, 11) is 0. The van der Waals surface area contributed by atoms with Crippen LogP contribution in [0.3, 0.4) is 0 Å². The normalized spacial score (nSPS) is 15.7. The molecular weight excluding hydrogens is 233 g/mol. The maximum absolute atomic E-state index is 11.9. The van der Waals surface area contributed by atoms with Gasteiger partial charge < -0.3 is 0 Å². The van der Waals surface area contributed by atoms with Crippen molar-refractivity contribution in [3.05, 3.63) is 0 Å². The Balaban J connectivity index is 4.40. The van der Waals surface area contributed by atoms with E-state index >= 15 is 0 Å². The highest BCUT2D eigenvalue weighted by molar-refractivity contribution is 7.87. The molecule has 0 fully saturated rings. The van der Waals surface area contributed by atoms with Crippen LogP contribution in [0.15, 0.2) is 0 Å². The average molecular weight is 252 g/mol. The van der Waals surface area contributed by atoms with E-state index in [2.05, 4.69) is 5.20 Å². The molecular formula is C9H19ClN3OP. The van der Waals surface area contributed by atoms with E-state index in [1.165, 1.54) is 0 Å². The predicted octanol–water partition coefficient (Wildman–Crippen LogP) is 2.96. The summed E-state index contributed by atoms with van der Waals surface area (Å²) in [6.07, 6.45) is 0.402. The maximum Gasteiger partial charge on any atom is 0.246 e. The van der Waals surface area contributed by atoms with Crippen LogP contribution < -0.4 is 5.20 Å². The zero-order valence-electron chi connectivity index (χ0n) is 9.70. The summed E-state index contributed by atoms with van der Waals surface area (Å²) in [6, 6.07) is 2.36. The van der Waals surface area contributed by atoms with Crippen LogP contribution in [0.5, 0.6) is 0 Å². The Labute approximate surface area is 96.8 Å². The zero-order chi connectivity index (χ0) is 12.1. The molecule has 1 N–H and O–H groups in total. The van der Waals surface area contributed by atoms with Gasteiger partial charge in [-0.1, -0.05) is 0 Å². The minimum atomic E-state index is -2.95. The lowest BCUT2D eigenvalue weighted by molar-refractivity contribution is 0.145. The molecule has 0 saturated heterocycles. The van der Waals surface area contributed by atoms with Gasteiger partial charge in [-0.05, 0) is 38.9 Å². The van der Waals surface area contributed by atoms with Crippen molar-refractivity contribution in [1.82, 2.24) is 10.2 Å². The van der Waals surface area contributed by atoms with Crippen molar-refractivity contribution in [2.24, 2.45) is 0 Å². The third kappa shape index (κ3) is 6.17. The molecule has 0 spiro atoms. The van der Waals surface area contributed by atoms with E-state index < -0.39 is 6.65 Å². The lowest BCUT2D eigenvalue weighted by Gasteiger charge is -2.32. The monoisotopic (exact) mass is 251 g/mol. The van der Waals surface area contributed by atoms with E-state index in [9.17, 15) is 4.57 Å². The highest BCUT2D eigenvalue weighted by atomic mass is 35.7. The molecule has 0 amide bonds. The maximum atomic E-state index is 11.9. The Bertz CT molecular complexity index is 267. The fourth-order valence-corrected chi connectivity index (χ4v) is 3.05. The predicted molar refractivity (Wildman–Crippen MR) is 63.8 cm³/mol. The van der Waals surface area contributed by atoms with Crippen molar-refractivity contribution in [1.29, 1.82) is 5.26 Å². The third-order valence-electron chi connectivity index (χ3n) is 1.89. The molecule has 6 heteroatoms. The Morgan fingerprint density at radius 2 is 1.87 bits per heavy atom. The topological polar surface area (TPSA) is 56.1 Å². The van der Waals surface area contributed by atoms with Crippen LogP contribution in [-0.2, 0) is 4.57 Å². The van der Waals surface area contributed by atoms with Crippen LogP contribution in [-0.4, -0.2) is 23.3 Å². The van der Waals surface area contributed by atoms with Gasteiger partial charge in [0.25, 0.3) is 0 Å². The Morgan fingerprint density at radius 1 is 1.40 bits per heavy atom. The summed E-state index contributed by atoms with van der Waals surface area (Å²) in [5.74, 6) is 0. The summed E-state index contributed by atoms with van der Waals surface area (Å²) < 4.78 is 11.9. The summed E-state index contributed by atoms with van der Waals surface area (Å²) in [5, 5.41) is 13.1. The van der Waals surface area contributed by atoms with Crippen LogP contribution >= 0.6 is 17.9 Å². The van der Waals surface area contributed by atoms with Gasteiger partial charge in [0.2, 0.25) is 6.65 Å². The van der Waals surface area contributed by atoms with E-state index in [4.69, 9.17) is 16.5 Å². The zero-order valence-corrected chi connectivity index (χ0v) is 11.3. The molecule has 0 aliphatic carbocycles. The minimum Gasteiger partial charge on any atom is -0.288 e. The van der Waals surface area contributed by atoms with E-state index in [0.717, 1.165) is 0 Å². The number of hydrogen-bond donors (Lipinski definition) is 1. The average Bonchev–Trinajstić information content (AvgIpc) is 2.10. The Hall–Kier alpha value is -0.0700. The van der Waals surface area contributed by atoms with E-state index in [-0.39, 0.29) is 24.7 Å². The number of nitriles is 1. The van der Waals surface area contributed by atoms with Crippen molar-refractivity contribution >= 4 is 17.9 Å². The second-order valence-electron chi connectivity index (χ2n) is 3.98. The molecule has 0 heterocycles. The van der Waals surface area contributed by atoms with Crippen LogP contribution in [0.1, 0.15) is 34.1 Å². The molecule has 0 saturated carbocycles. The van der Waals surface area contributed by atoms with Crippen LogP contribution in [0, 0.1) is 11.3 Å². The summed E-state index contributed by atoms with van der Waals surface area (Å²) in [6.45, 7) is 5.03. The molecule has 0 aliphatic rings. The van der Waals surface area contributed by atoms with Crippen molar-refractivity contribution < 1.29 is 4.57 Å². The van der Waals surface area contributed by atoms with Gasteiger partial charge in [-0.2, -0.15) is 10.5 Å². The molecule has 0 radical (unpaired) electrons. The molecule has 0 bridgehead atoms. The van der Waals surface area contributed by atoms with Gasteiger partial charge in [-0.3, -0.25) is 4.57 Å². The number of nitrogens with zero attached hydrogens (tertiary/aromatic N) is 2. The summed E-state index contributed by atoms with van der Waals surface area (Å²) in [4.78, 5) is 0. The molecule has 1 unspecified atom stereocenters. The van der Waals surface area contributed by atoms with E-state index in [1.807, 2.05) is 38.8 Å². The second kappa shape index (κ2) is 6.50. The van der Waals surface area contributed by atoms with Crippen molar-refractivity contribution in [3.63, 3.8) is 0 Å². The Kier molecular flexibility index (Phi) is 6.47. The van der Waals surface area contributed by atoms with Crippen LogP contribution in [0.2, 0.25) is 0 Å². The van der Waals surface area contributed by atoms with Gasteiger partial charge >= 0.3 is 0 Å². The number of halogens is 1. The number of hydrogen-bond acceptors (Lipinski definition) is 3. The minimum absolute atomic E-state index is 0.195. The number of hydrazine groups is 1. The first-order valence-corrected chi connectivity index (χ1v) is 7.82. The highest BCUT2D eigenvalue weighted by Gasteiger charge is 2.24. The van der Waals surface area contributed by atoms with Gasteiger partial charge in [0.05, 0.1) is 6.07 Å².